The second-order valence-electron chi connectivity index (χ2n) is 3.88. The molecule has 0 N–H and O–H groups in total. The molecule has 0 unspecified atom stereocenters. The summed E-state index contributed by atoms with van der Waals surface area (Å²) >= 11 is 0. The van der Waals surface area contributed by atoms with Crippen LogP contribution in [0.3, 0.4) is 0 Å². The summed E-state index contributed by atoms with van der Waals surface area (Å²) in [6.07, 6.45) is 1.64. The van der Waals surface area contributed by atoms with Crippen molar-refractivity contribution in [3.63, 3.8) is 0 Å². The van der Waals surface area contributed by atoms with E-state index < -0.39 is 5.82 Å². The third kappa shape index (κ3) is 1.90. The van der Waals surface area contributed by atoms with Crippen molar-refractivity contribution in [3.8, 4) is 17.3 Å². The van der Waals surface area contributed by atoms with Crippen LogP contribution in [0.15, 0.2) is 30.5 Å². The zero-order chi connectivity index (χ0) is 12.4. The maximum absolute atomic E-state index is 13.7. The molecule has 1 aromatic carbocycles. The number of rotatable bonds is 1. The van der Waals surface area contributed by atoms with Gasteiger partial charge in [-0.1, -0.05) is 6.07 Å². The molecule has 0 fully saturated rings. The predicted octanol–water partition coefficient (Wildman–Crippen LogP) is 3.38. The molecule has 0 spiro atoms. The van der Waals surface area contributed by atoms with Crippen molar-refractivity contribution in [2.24, 2.45) is 0 Å². The lowest BCUT2D eigenvalue weighted by molar-refractivity contribution is 0.622. The van der Waals surface area contributed by atoms with E-state index in [4.69, 9.17) is 5.26 Å². The van der Waals surface area contributed by atoms with Gasteiger partial charge in [0.25, 0.3) is 0 Å². The van der Waals surface area contributed by atoms with Crippen LogP contribution in [-0.4, -0.2) is 4.98 Å². The summed E-state index contributed by atoms with van der Waals surface area (Å²) in [5.74, 6) is -0.490. The van der Waals surface area contributed by atoms with Gasteiger partial charge in [-0.05, 0) is 43.2 Å². The second kappa shape index (κ2) is 4.34. The molecule has 0 amide bonds. The molecule has 0 aliphatic heterocycles. The second-order valence-corrected chi connectivity index (χ2v) is 3.88. The number of hydrogen-bond donors (Lipinski definition) is 0. The Balaban J connectivity index is 2.81. The fourth-order valence-electron chi connectivity index (χ4n) is 1.81. The van der Waals surface area contributed by atoms with E-state index in [1.165, 1.54) is 6.07 Å². The SMILES string of the molecule is Cc1cc(F)c(C#N)c(-c2ccccn2)c1C. The number of aromatic nitrogens is 1. The summed E-state index contributed by atoms with van der Waals surface area (Å²) in [7, 11) is 0. The van der Waals surface area contributed by atoms with E-state index in [1.54, 1.807) is 18.3 Å². The molecule has 0 radical (unpaired) electrons. The smallest absolute Gasteiger partial charge is 0.141 e. The lowest BCUT2D eigenvalue weighted by atomic mass is 9.95. The van der Waals surface area contributed by atoms with Gasteiger partial charge in [0.1, 0.15) is 11.9 Å². The third-order valence-corrected chi connectivity index (χ3v) is 2.83. The lowest BCUT2D eigenvalue weighted by Crippen LogP contribution is -1.97. The Bertz CT molecular complexity index is 598. The normalized spacial score (nSPS) is 10.0. The molecule has 2 aromatic rings. The molecule has 2 nitrogen and oxygen atoms in total. The van der Waals surface area contributed by atoms with Crippen LogP contribution in [0.2, 0.25) is 0 Å². The van der Waals surface area contributed by atoms with E-state index in [2.05, 4.69) is 4.98 Å². The first-order valence-electron chi connectivity index (χ1n) is 5.26. The molecule has 84 valence electrons. The Morgan fingerprint density at radius 3 is 2.65 bits per heavy atom. The summed E-state index contributed by atoms with van der Waals surface area (Å²) in [5.41, 5.74) is 2.99. The number of nitriles is 1. The fraction of sp³-hybridized carbons (Fsp3) is 0.143. The van der Waals surface area contributed by atoms with Crippen molar-refractivity contribution in [3.05, 3.63) is 53.0 Å². The van der Waals surface area contributed by atoms with Crippen LogP contribution in [0.25, 0.3) is 11.3 Å². The van der Waals surface area contributed by atoms with Gasteiger partial charge in [-0.25, -0.2) is 4.39 Å². The van der Waals surface area contributed by atoms with E-state index in [-0.39, 0.29) is 5.56 Å². The zero-order valence-electron chi connectivity index (χ0n) is 9.66. The van der Waals surface area contributed by atoms with Gasteiger partial charge in [0.2, 0.25) is 0 Å². The minimum absolute atomic E-state index is 0.0619. The van der Waals surface area contributed by atoms with Gasteiger partial charge < -0.3 is 0 Å². The van der Waals surface area contributed by atoms with Crippen molar-refractivity contribution >= 4 is 0 Å². The van der Waals surface area contributed by atoms with E-state index in [0.29, 0.717) is 11.3 Å². The van der Waals surface area contributed by atoms with Gasteiger partial charge in [0.15, 0.2) is 0 Å². The Hall–Kier alpha value is -2.21. The van der Waals surface area contributed by atoms with Crippen LogP contribution in [0.1, 0.15) is 16.7 Å². The molecule has 0 atom stereocenters. The Morgan fingerprint density at radius 1 is 1.29 bits per heavy atom. The average molecular weight is 226 g/mol. The van der Waals surface area contributed by atoms with Crippen LogP contribution in [-0.2, 0) is 0 Å². The predicted molar refractivity (Wildman–Crippen MR) is 63.8 cm³/mol. The largest absolute Gasteiger partial charge is 0.256 e. The summed E-state index contributed by atoms with van der Waals surface area (Å²) < 4.78 is 13.7. The lowest BCUT2D eigenvalue weighted by Gasteiger charge is -2.11. The Morgan fingerprint density at radius 2 is 2.06 bits per heavy atom. The van der Waals surface area contributed by atoms with Crippen LogP contribution >= 0.6 is 0 Å². The van der Waals surface area contributed by atoms with Crippen molar-refractivity contribution in [1.82, 2.24) is 4.98 Å². The highest BCUT2D eigenvalue weighted by Gasteiger charge is 2.15. The van der Waals surface area contributed by atoms with Gasteiger partial charge >= 0.3 is 0 Å². The number of halogens is 1. The minimum Gasteiger partial charge on any atom is -0.256 e. The summed E-state index contributed by atoms with van der Waals surface area (Å²) in [4.78, 5) is 4.18. The first-order valence-corrected chi connectivity index (χ1v) is 5.26. The summed E-state index contributed by atoms with van der Waals surface area (Å²) in [6, 6.07) is 8.70. The number of benzene rings is 1. The average Bonchev–Trinajstić information content (AvgIpc) is 2.34. The number of pyridine rings is 1. The molecule has 0 bridgehead atoms. The quantitative estimate of drug-likeness (QED) is 0.747. The molecule has 3 heteroatoms. The molecule has 0 aliphatic rings. The zero-order valence-corrected chi connectivity index (χ0v) is 9.66. The summed E-state index contributed by atoms with van der Waals surface area (Å²) in [6.45, 7) is 3.70. The maximum atomic E-state index is 13.7. The van der Waals surface area contributed by atoms with Crippen molar-refractivity contribution < 1.29 is 4.39 Å². The molecule has 0 saturated heterocycles. The molecule has 1 heterocycles. The molecule has 1 aromatic heterocycles. The first-order chi connectivity index (χ1) is 8.15. The van der Waals surface area contributed by atoms with Gasteiger partial charge in [-0.2, -0.15) is 5.26 Å². The van der Waals surface area contributed by atoms with Crippen molar-refractivity contribution in [2.45, 2.75) is 13.8 Å². The van der Waals surface area contributed by atoms with Crippen molar-refractivity contribution in [2.75, 3.05) is 0 Å². The highest BCUT2D eigenvalue weighted by atomic mass is 19.1. The highest BCUT2D eigenvalue weighted by molar-refractivity contribution is 5.72. The fourth-order valence-corrected chi connectivity index (χ4v) is 1.81. The van der Waals surface area contributed by atoms with Crippen molar-refractivity contribution in [1.29, 1.82) is 5.26 Å². The van der Waals surface area contributed by atoms with E-state index in [1.807, 2.05) is 26.0 Å². The third-order valence-electron chi connectivity index (χ3n) is 2.83. The minimum atomic E-state index is -0.490. The number of aryl methyl sites for hydroxylation is 1. The molecule has 0 aliphatic carbocycles. The number of nitrogens with zero attached hydrogens (tertiary/aromatic N) is 2. The molecular weight excluding hydrogens is 215 g/mol. The van der Waals surface area contributed by atoms with E-state index in [9.17, 15) is 4.39 Å². The van der Waals surface area contributed by atoms with Gasteiger partial charge in [0.05, 0.1) is 11.3 Å². The Kier molecular flexibility index (Phi) is 2.88. The molecule has 2 rings (SSSR count). The van der Waals surface area contributed by atoms with Gasteiger partial charge in [-0.3, -0.25) is 4.98 Å². The topological polar surface area (TPSA) is 36.7 Å². The first kappa shape index (κ1) is 11.3. The van der Waals surface area contributed by atoms with E-state index in [0.717, 1.165) is 11.1 Å². The standard InChI is InChI=1S/C14H11FN2/c1-9-7-12(15)11(8-16)14(10(9)2)13-5-3-4-6-17-13/h3-7H,1-2H3. The molecule has 0 saturated carbocycles. The van der Waals surface area contributed by atoms with E-state index >= 15 is 0 Å². The van der Waals surface area contributed by atoms with Crippen LogP contribution < -0.4 is 0 Å². The summed E-state index contributed by atoms with van der Waals surface area (Å²) in [5, 5.41) is 9.06. The Labute approximate surface area is 99.4 Å². The molecular formula is C14H11FN2. The highest BCUT2D eigenvalue weighted by Crippen LogP contribution is 2.29. The van der Waals surface area contributed by atoms with Crippen LogP contribution in [0.5, 0.6) is 0 Å². The van der Waals surface area contributed by atoms with Crippen LogP contribution in [0.4, 0.5) is 4.39 Å². The molecule has 17 heavy (non-hydrogen) atoms. The maximum Gasteiger partial charge on any atom is 0.141 e. The van der Waals surface area contributed by atoms with Gasteiger partial charge in [-0.15, -0.1) is 0 Å². The monoisotopic (exact) mass is 226 g/mol. The number of hydrogen-bond acceptors (Lipinski definition) is 2. The van der Waals surface area contributed by atoms with Gasteiger partial charge in [0, 0.05) is 11.8 Å². The van der Waals surface area contributed by atoms with Crippen LogP contribution in [0, 0.1) is 31.0 Å².